The van der Waals surface area contributed by atoms with Crippen molar-refractivity contribution in [2.75, 3.05) is 13.2 Å². The molecule has 0 heterocycles. The first-order chi connectivity index (χ1) is 17.2. The first kappa shape index (κ1) is 25.3. The van der Waals surface area contributed by atoms with Gasteiger partial charge in [-0.1, -0.05) is 135 Å². The molecule has 0 spiro atoms. The van der Waals surface area contributed by atoms with Gasteiger partial charge >= 0.3 is 0 Å². The molecule has 35 heavy (non-hydrogen) atoms. The molecule has 0 aliphatic rings. The maximum Gasteiger partial charge on any atom is 0.256 e. The van der Waals surface area contributed by atoms with Gasteiger partial charge in [0.1, 0.15) is 0 Å². The van der Waals surface area contributed by atoms with E-state index in [0.29, 0.717) is 0 Å². The van der Waals surface area contributed by atoms with Crippen LogP contribution in [0.4, 0.5) is 0 Å². The van der Waals surface area contributed by atoms with E-state index in [1.807, 2.05) is 0 Å². The number of rotatable bonds is 12. The second kappa shape index (κ2) is 12.3. The smallest absolute Gasteiger partial charge is 0.256 e. The van der Waals surface area contributed by atoms with Gasteiger partial charge in [0.2, 0.25) is 0 Å². The van der Waals surface area contributed by atoms with Crippen molar-refractivity contribution in [3.05, 3.63) is 121 Å². The predicted octanol–water partition coefficient (Wildman–Crippen LogP) is 4.90. The summed E-state index contributed by atoms with van der Waals surface area (Å²) in [6, 6.07) is 43.7. The summed E-state index contributed by atoms with van der Waals surface area (Å²) in [7, 11) is -5.37. The van der Waals surface area contributed by atoms with Gasteiger partial charge in [-0.05, 0) is 33.6 Å². The third-order valence-electron chi connectivity index (χ3n) is 6.56. The first-order valence-electron chi connectivity index (χ1n) is 12.7. The standard InChI is InChI=1S/C31H36O2Si2/c1-3-25-32-34(28-17-9-5-10-18-28,29-19-11-6-12-20-29)27-35(33-26-4-2,30-21-13-7-14-22-30)31-23-15-8-16-24-31/h5-24H,3-4,25-27H2,1-2H3. The van der Waals surface area contributed by atoms with Crippen molar-refractivity contribution in [1.29, 1.82) is 0 Å². The summed E-state index contributed by atoms with van der Waals surface area (Å²) in [5.74, 6) is 0. The van der Waals surface area contributed by atoms with Crippen LogP contribution in [0.3, 0.4) is 0 Å². The Kier molecular flexibility index (Phi) is 8.88. The lowest BCUT2D eigenvalue weighted by atomic mass is 10.4. The van der Waals surface area contributed by atoms with Gasteiger partial charge in [-0.3, -0.25) is 0 Å². The molecule has 4 rings (SSSR count). The largest absolute Gasteiger partial charge is 0.408 e. The Morgan fingerprint density at radius 2 is 0.686 bits per heavy atom. The van der Waals surface area contributed by atoms with Gasteiger partial charge in [0.15, 0.2) is 0 Å². The lowest BCUT2D eigenvalue weighted by Gasteiger charge is -2.41. The van der Waals surface area contributed by atoms with Gasteiger partial charge in [0.25, 0.3) is 16.6 Å². The average molecular weight is 497 g/mol. The summed E-state index contributed by atoms with van der Waals surface area (Å²) in [6.07, 6.45) is 1.96. The monoisotopic (exact) mass is 496 g/mol. The molecule has 0 fully saturated rings. The minimum Gasteiger partial charge on any atom is -0.408 e. The molecule has 0 atom stereocenters. The van der Waals surface area contributed by atoms with E-state index >= 15 is 0 Å². The van der Waals surface area contributed by atoms with Gasteiger partial charge in [-0.25, -0.2) is 0 Å². The number of hydrogen-bond donors (Lipinski definition) is 0. The highest BCUT2D eigenvalue weighted by Crippen LogP contribution is 2.24. The third-order valence-corrected chi connectivity index (χ3v) is 17.0. The summed E-state index contributed by atoms with van der Waals surface area (Å²) < 4.78 is 14.2. The lowest BCUT2D eigenvalue weighted by Crippen LogP contribution is -2.72. The topological polar surface area (TPSA) is 18.5 Å². The molecule has 0 aliphatic carbocycles. The van der Waals surface area contributed by atoms with E-state index in [0.717, 1.165) is 31.7 Å². The Balaban J connectivity index is 2.01. The molecule has 0 aliphatic heterocycles. The van der Waals surface area contributed by atoms with Crippen molar-refractivity contribution in [3.8, 4) is 0 Å². The van der Waals surface area contributed by atoms with Crippen LogP contribution in [0, 0.1) is 0 Å². The van der Waals surface area contributed by atoms with E-state index in [9.17, 15) is 0 Å². The van der Waals surface area contributed by atoms with Crippen LogP contribution in [-0.2, 0) is 8.85 Å². The fraction of sp³-hybridized carbons (Fsp3) is 0.226. The second-order valence-electron chi connectivity index (χ2n) is 8.99. The highest BCUT2D eigenvalue weighted by atomic mass is 28.4. The molecule has 0 N–H and O–H groups in total. The quantitative estimate of drug-likeness (QED) is 0.260. The van der Waals surface area contributed by atoms with Gasteiger partial charge in [-0.15, -0.1) is 0 Å². The Labute approximate surface area is 212 Å². The zero-order valence-electron chi connectivity index (χ0n) is 20.9. The van der Waals surface area contributed by atoms with E-state index in [2.05, 4.69) is 135 Å². The van der Waals surface area contributed by atoms with Crippen molar-refractivity contribution >= 4 is 37.4 Å². The minimum absolute atomic E-state index is 0.734. The molecule has 0 amide bonds. The van der Waals surface area contributed by atoms with Crippen molar-refractivity contribution in [2.24, 2.45) is 0 Å². The highest BCUT2D eigenvalue weighted by molar-refractivity contribution is 7.12. The van der Waals surface area contributed by atoms with Crippen LogP contribution in [0.5, 0.6) is 0 Å². The van der Waals surface area contributed by atoms with Gasteiger partial charge in [-0.2, -0.15) is 0 Å². The van der Waals surface area contributed by atoms with E-state index in [-0.39, 0.29) is 0 Å². The van der Waals surface area contributed by atoms with Crippen LogP contribution in [-0.4, -0.2) is 29.8 Å². The van der Waals surface area contributed by atoms with Crippen molar-refractivity contribution in [2.45, 2.75) is 32.4 Å². The minimum atomic E-state index is -2.68. The van der Waals surface area contributed by atoms with Crippen LogP contribution >= 0.6 is 0 Å². The number of benzene rings is 4. The summed E-state index contributed by atoms with van der Waals surface area (Å²) in [4.78, 5) is 0. The first-order valence-corrected chi connectivity index (χ1v) is 17.0. The van der Waals surface area contributed by atoms with Crippen LogP contribution < -0.4 is 20.7 Å². The molecule has 180 valence electrons. The van der Waals surface area contributed by atoms with E-state index < -0.39 is 16.6 Å². The zero-order chi connectivity index (χ0) is 24.4. The van der Waals surface area contributed by atoms with Crippen molar-refractivity contribution in [1.82, 2.24) is 0 Å². The van der Waals surface area contributed by atoms with Crippen LogP contribution in [0.15, 0.2) is 121 Å². The maximum absolute atomic E-state index is 7.12. The maximum atomic E-state index is 7.12. The summed E-state index contributed by atoms with van der Waals surface area (Å²) in [6.45, 7) is 5.86. The zero-order valence-corrected chi connectivity index (χ0v) is 22.9. The fourth-order valence-electron chi connectivity index (χ4n) is 4.91. The molecule has 4 heteroatoms. The van der Waals surface area contributed by atoms with Crippen molar-refractivity contribution < 1.29 is 8.85 Å². The Morgan fingerprint density at radius 3 is 0.914 bits per heavy atom. The molecule has 0 unspecified atom stereocenters. The van der Waals surface area contributed by atoms with E-state index in [1.54, 1.807) is 0 Å². The summed E-state index contributed by atoms with van der Waals surface area (Å²) in [5, 5.41) is 5.24. The molecule has 0 radical (unpaired) electrons. The summed E-state index contributed by atoms with van der Waals surface area (Å²) >= 11 is 0. The number of hydrogen-bond acceptors (Lipinski definition) is 2. The summed E-state index contributed by atoms with van der Waals surface area (Å²) in [5.41, 5.74) is 0.891. The average Bonchev–Trinajstić information content (AvgIpc) is 2.95. The van der Waals surface area contributed by atoms with Crippen LogP contribution in [0.1, 0.15) is 26.7 Å². The molecular formula is C31H36O2Si2. The molecule has 2 nitrogen and oxygen atoms in total. The molecule has 0 aromatic heterocycles. The molecule has 0 bridgehead atoms. The third kappa shape index (κ3) is 5.57. The van der Waals surface area contributed by atoms with Crippen molar-refractivity contribution in [3.63, 3.8) is 0 Å². The molecule has 0 saturated carbocycles. The van der Waals surface area contributed by atoms with Crippen LogP contribution in [0.25, 0.3) is 0 Å². The lowest BCUT2D eigenvalue weighted by molar-refractivity contribution is 0.303. The normalized spacial score (nSPS) is 11.9. The SMILES string of the molecule is CCCO[Si](C[Si](OCCC)(c1ccccc1)c1ccccc1)(c1ccccc1)c1ccccc1. The Hall–Kier alpha value is -2.77. The van der Waals surface area contributed by atoms with Gasteiger partial charge < -0.3 is 8.85 Å². The van der Waals surface area contributed by atoms with Gasteiger partial charge in [0.05, 0.1) is 0 Å². The highest BCUT2D eigenvalue weighted by Gasteiger charge is 2.52. The Morgan fingerprint density at radius 1 is 0.429 bits per heavy atom. The Bertz CT molecular complexity index is 964. The van der Waals surface area contributed by atoms with Gasteiger partial charge in [0, 0.05) is 18.9 Å². The fourth-order valence-corrected chi connectivity index (χ4v) is 17.2. The van der Waals surface area contributed by atoms with E-state index in [1.165, 1.54) is 20.7 Å². The second-order valence-corrected chi connectivity index (χ2v) is 16.6. The molecule has 4 aromatic rings. The predicted molar refractivity (Wildman–Crippen MR) is 153 cm³/mol. The molecule has 0 saturated heterocycles. The van der Waals surface area contributed by atoms with Crippen LogP contribution in [0.2, 0.25) is 5.67 Å². The molecule has 4 aromatic carbocycles. The van der Waals surface area contributed by atoms with E-state index in [4.69, 9.17) is 8.85 Å². The molecular weight excluding hydrogens is 461 g/mol.